The van der Waals surface area contributed by atoms with Gasteiger partial charge in [0.25, 0.3) is 5.91 Å². The van der Waals surface area contributed by atoms with Gasteiger partial charge in [0.15, 0.2) is 0 Å². The van der Waals surface area contributed by atoms with Gasteiger partial charge in [0.1, 0.15) is 11.4 Å². The second-order valence-electron chi connectivity index (χ2n) is 13.4. The summed E-state index contributed by atoms with van der Waals surface area (Å²) >= 11 is 0. The van der Waals surface area contributed by atoms with Crippen molar-refractivity contribution in [1.29, 1.82) is 0 Å². The van der Waals surface area contributed by atoms with Crippen LogP contribution in [0.25, 0.3) is 32.8 Å². The Morgan fingerprint density at radius 2 is 1.56 bits per heavy atom. The van der Waals surface area contributed by atoms with Crippen LogP contribution in [0, 0.1) is 11.8 Å². The fraction of sp³-hybridized carbons (Fsp3) is 0.378. The average molecular weight is 571 g/mol. The summed E-state index contributed by atoms with van der Waals surface area (Å²) in [5.74, 6) is 2.54. The van der Waals surface area contributed by atoms with Gasteiger partial charge in [-0.1, -0.05) is 55.8 Å². The Labute approximate surface area is 252 Å². The number of nitrogens with zero attached hydrogens (tertiary/aromatic N) is 4. The topological polar surface area (TPSA) is 58.6 Å². The number of hydrogen-bond acceptors (Lipinski definition) is 5. The third-order valence-electron chi connectivity index (χ3n) is 10.3. The molecule has 43 heavy (non-hydrogen) atoms. The molecule has 218 valence electrons. The van der Waals surface area contributed by atoms with E-state index >= 15 is 0 Å². The van der Waals surface area contributed by atoms with Gasteiger partial charge >= 0.3 is 0 Å². The van der Waals surface area contributed by atoms with E-state index in [1.54, 1.807) is 0 Å². The van der Waals surface area contributed by atoms with Gasteiger partial charge in [0.05, 0.1) is 22.1 Å². The van der Waals surface area contributed by atoms with Crippen LogP contribution in [0.3, 0.4) is 0 Å². The average Bonchev–Trinajstić information content (AvgIpc) is 3.03. The van der Waals surface area contributed by atoms with E-state index in [0.29, 0.717) is 36.4 Å². The molecule has 0 bridgehead atoms. The van der Waals surface area contributed by atoms with Crippen LogP contribution in [0.4, 0.5) is 5.69 Å². The second kappa shape index (κ2) is 9.94. The van der Waals surface area contributed by atoms with Crippen LogP contribution < -0.4 is 9.64 Å². The number of rotatable bonds is 2. The van der Waals surface area contributed by atoms with Crippen molar-refractivity contribution in [2.24, 2.45) is 11.8 Å². The van der Waals surface area contributed by atoms with Crippen molar-refractivity contribution < 1.29 is 9.53 Å². The lowest BCUT2D eigenvalue weighted by Crippen LogP contribution is -2.48. The number of aromatic nitrogens is 2. The predicted molar refractivity (Wildman–Crippen MR) is 173 cm³/mol. The second-order valence-corrected chi connectivity index (χ2v) is 13.4. The first-order valence-corrected chi connectivity index (χ1v) is 15.8. The van der Waals surface area contributed by atoms with Crippen LogP contribution in [0.1, 0.15) is 61.9 Å². The van der Waals surface area contributed by atoms with E-state index in [2.05, 4.69) is 74.2 Å². The smallest absolute Gasteiger partial charge is 0.254 e. The monoisotopic (exact) mass is 570 g/mol. The van der Waals surface area contributed by atoms with Gasteiger partial charge < -0.3 is 14.5 Å². The number of anilines is 1. The maximum Gasteiger partial charge on any atom is 0.254 e. The molecule has 1 saturated heterocycles. The molecule has 2 aliphatic heterocycles. The van der Waals surface area contributed by atoms with E-state index in [0.717, 1.165) is 58.1 Å². The zero-order valence-corrected chi connectivity index (χ0v) is 25.2. The summed E-state index contributed by atoms with van der Waals surface area (Å²) in [6.45, 7) is 9.94. The van der Waals surface area contributed by atoms with Crippen molar-refractivity contribution in [3.63, 3.8) is 0 Å². The van der Waals surface area contributed by atoms with E-state index in [1.807, 2.05) is 29.2 Å². The molecular formula is C37H38N4O2. The highest BCUT2D eigenvalue weighted by Crippen LogP contribution is 2.56. The maximum atomic E-state index is 13.6. The predicted octanol–water partition coefficient (Wildman–Crippen LogP) is 7.59. The van der Waals surface area contributed by atoms with Gasteiger partial charge in [-0.3, -0.25) is 4.79 Å². The number of fused-ring (bicyclic) bond motifs is 9. The molecule has 1 saturated carbocycles. The molecule has 3 atom stereocenters. The number of carbonyl (C=O) groups excluding carboxylic acids is 1. The molecule has 6 nitrogen and oxygen atoms in total. The first kappa shape index (κ1) is 26.4. The molecule has 1 amide bonds. The van der Waals surface area contributed by atoms with Crippen molar-refractivity contribution in [3.8, 4) is 5.75 Å². The summed E-state index contributed by atoms with van der Waals surface area (Å²) in [6.07, 6.45) is 3.54. The quantitative estimate of drug-likeness (QED) is 0.162. The molecular weight excluding hydrogens is 532 g/mol. The third kappa shape index (κ3) is 4.33. The van der Waals surface area contributed by atoms with Crippen LogP contribution >= 0.6 is 0 Å². The lowest BCUT2D eigenvalue weighted by molar-refractivity contribution is -0.0115. The number of para-hydroxylation sites is 1. The minimum atomic E-state index is -0.236. The molecule has 3 heterocycles. The Kier molecular flexibility index (Phi) is 6.11. The minimum absolute atomic E-state index is 0.0569. The number of benzene rings is 4. The third-order valence-corrected chi connectivity index (χ3v) is 10.3. The van der Waals surface area contributed by atoms with E-state index < -0.39 is 0 Å². The van der Waals surface area contributed by atoms with Crippen LogP contribution in [-0.4, -0.2) is 52.6 Å². The number of amides is 1. The van der Waals surface area contributed by atoms with Crippen LogP contribution in [0.2, 0.25) is 0 Å². The molecule has 4 aromatic carbocycles. The van der Waals surface area contributed by atoms with Crippen molar-refractivity contribution in [2.45, 2.75) is 51.6 Å². The van der Waals surface area contributed by atoms with Gasteiger partial charge in [0, 0.05) is 59.7 Å². The number of piperazine rings is 1. The first-order valence-electron chi connectivity index (χ1n) is 15.8. The summed E-state index contributed by atoms with van der Waals surface area (Å²) in [7, 11) is 0. The molecule has 8 rings (SSSR count). The summed E-state index contributed by atoms with van der Waals surface area (Å²) in [5.41, 5.74) is 6.32. The Hall–Kier alpha value is -4.19. The molecule has 3 unspecified atom stereocenters. The molecule has 0 spiro atoms. The van der Waals surface area contributed by atoms with Crippen molar-refractivity contribution in [3.05, 3.63) is 83.9 Å². The summed E-state index contributed by atoms with van der Waals surface area (Å²) in [4.78, 5) is 28.5. The Bertz CT molecular complexity index is 1880. The van der Waals surface area contributed by atoms with E-state index in [1.165, 1.54) is 24.1 Å². The standard InChI is InChI=1S/C37H38N4O2/c1-23-13-15-29-28(21-23)32-34-33(26-11-7-8-12-27(26)35(32)43-37(29,2)3)39-31-22-24(14-16-30(31)38-34)36(42)41-19-17-40(18-20-41)25-9-5-4-6-10-25/h4-12,14,16,22-23,28-29H,13,15,17-21H2,1-3H3. The van der Waals surface area contributed by atoms with E-state index in [9.17, 15) is 4.79 Å². The largest absolute Gasteiger partial charge is 0.487 e. The van der Waals surface area contributed by atoms with Crippen LogP contribution in [0.15, 0.2) is 72.8 Å². The molecule has 1 aliphatic carbocycles. The highest BCUT2D eigenvalue weighted by Gasteiger charge is 2.47. The summed E-state index contributed by atoms with van der Waals surface area (Å²) in [5, 5.41) is 2.16. The van der Waals surface area contributed by atoms with Crippen LogP contribution in [0.5, 0.6) is 5.75 Å². The zero-order chi connectivity index (χ0) is 29.3. The van der Waals surface area contributed by atoms with Gasteiger partial charge in [0.2, 0.25) is 0 Å². The molecule has 0 radical (unpaired) electrons. The normalized spacial score (nSPS) is 23.2. The summed E-state index contributed by atoms with van der Waals surface area (Å²) < 4.78 is 6.89. The maximum absolute atomic E-state index is 13.6. The fourth-order valence-electron chi connectivity index (χ4n) is 8.02. The fourth-order valence-corrected chi connectivity index (χ4v) is 8.02. The van der Waals surface area contributed by atoms with Gasteiger partial charge in [-0.15, -0.1) is 0 Å². The van der Waals surface area contributed by atoms with Gasteiger partial charge in [-0.2, -0.15) is 0 Å². The SMILES string of the molecule is CC1CCC2C(C1)c1c(c3ccccc3c3nc4cc(C(=O)N5CCN(c6ccccc6)CC5)ccc4nc13)OC2(C)C. The molecule has 0 N–H and O–H groups in total. The Balaban J connectivity index is 1.20. The molecule has 3 aliphatic rings. The van der Waals surface area contributed by atoms with Crippen molar-refractivity contribution in [1.82, 2.24) is 14.9 Å². The highest BCUT2D eigenvalue weighted by molar-refractivity contribution is 6.11. The number of ether oxygens (including phenoxy) is 1. The van der Waals surface area contributed by atoms with Gasteiger partial charge in [-0.05, 0) is 68.9 Å². The van der Waals surface area contributed by atoms with Gasteiger partial charge in [-0.25, -0.2) is 9.97 Å². The molecule has 2 fully saturated rings. The van der Waals surface area contributed by atoms with Crippen molar-refractivity contribution >= 4 is 44.4 Å². The number of carbonyl (C=O) groups is 1. The molecule has 6 heteroatoms. The summed E-state index contributed by atoms with van der Waals surface area (Å²) in [6, 6.07) is 24.7. The lowest BCUT2D eigenvalue weighted by Gasteiger charge is -2.49. The van der Waals surface area contributed by atoms with Crippen molar-refractivity contribution in [2.75, 3.05) is 31.1 Å². The van der Waals surface area contributed by atoms with Crippen LogP contribution in [-0.2, 0) is 0 Å². The zero-order valence-electron chi connectivity index (χ0n) is 25.2. The lowest BCUT2D eigenvalue weighted by atomic mass is 9.64. The van der Waals surface area contributed by atoms with E-state index in [-0.39, 0.29) is 11.5 Å². The Morgan fingerprint density at radius 1 is 0.837 bits per heavy atom. The highest BCUT2D eigenvalue weighted by atomic mass is 16.5. The Morgan fingerprint density at radius 3 is 2.35 bits per heavy atom. The van der Waals surface area contributed by atoms with E-state index in [4.69, 9.17) is 14.7 Å². The first-order chi connectivity index (χ1) is 20.9. The molecule has 5 aromatic rings. The molecule has 1 aromatic heterocycles. The minimum Gasteiger partial charge on any atom is -0.487 e. The number of hydrogen-bond donors (Lipinski definition) is 0.